The van der Waals surface area contributed by atoms with Crippen LogP contribution in [0.4, 0.5) is 5.82 Å². The zero-order chi connectivity index (χ0) is 23.2. The van der Waals surface area contributed by atoms with Gasteiger partial charge in [0.05, 0.1) is 25.4 Å². The highest BCUT2D eigenvalue weighted by Crippen LogP contribution is 2.29. The number of rotatable bonds is 9. The summed E-state index contributed by atoms with van der Waals surface area (Å²) in [7, 11) is 1.64. The highest BCUT2D eigenvalue weighted by molar-refractivity contribution is 5.91. The maximum atomic E-state index is 12.4. The van der Waals surface area contributed by atoms with Crippen molar-refractivity contribution in [2.45, 2.75) is 32.9 Å². The van der Waals surface area contributed by atoms with Gasteiger partial charge in [-0.25, -0.2) is 9.97 Å². The van der Waals surface area contributed by atoms with Crippen LogP contribution in [0.5, 0.6) is 5.75 Å². The average Bonchev–Trinajstić information content (AvgIpc) is 3.34. The molecule has 0 bridgehead atoms. The molecule has 33 heavy (non-hydrogen) atoms. The van der Waals surface area contributed by atoms with E-state index in [1.54, 1.807) is 13.4 Å². The molecule has 0 saturated heterocycles. The standard InChI is InChI=1S/C26H28N4O3/c1-18(2)27-24(31)14-15-30(17-21-7-6-16-33-21)26-22-8-4-5-9-23(22)28-25(29-26)19-10-12-20(32-3)13-11-19/h4-13,16,18H,14-15,17H2,1-3H3,(H,27,31). The van der Waals surface area contributed by atoms with Crippen LogP contribution >= 0.6 is 0 Å². The van der Waals surface area contributed by atoms with Crippen molar-refractivity contribution in [1.82, 2.24) is 15.3 Å². The molecule has 0 fully saturated rings. The van der Waals surface area contributed by atoms with Crippen molar-refractivity contribution in [2.24, 2.45) is 0 Å². The number of hydrogen-bond donors (Lipinski definition) is 1. The topological polar surface area (TPSA) is 80.5 Å². The van der Waals surface area contributed by atoms with Crippen LogP contribution in [-0.4, -0.2) is 35.6 Å². The first-order valence-corrected chi connectivity index (χ1v) is 11.0. The molecule has 1 N–H and O–H groups in total. The van der Waals surface area contributed by atoms with E-state index in [4.69, 9.17) is 19.1 Å². The number of furan rings is 1. The van der Waals surface area contributed by atoms with Gasteiger partial charge in [-0.3, -0.25) is 4.79 Å². The third-order valence-electron chi connectivity index (χ3n) is 5.22. The van der Waals surface area contributed by atoms with E-state index in [-0.39, 0.29) is 11.9 Å². The molecular formula is C26H28N4O3. The number of carbonyl (C=O) groups excluding carboxylic acids is 1. The Balaban J connectivity index is 1.75. The lowest BCUT2D eigenvalue weighted by molar-refractivity contribution is -0.121. The Hall–Kier alpha value is -3.87. The first-order valence-electron chi connectivity index (χ1n) is 11.0. The normalized spacial score (nSPS) is 11.0. The highest BCUT2D eigenvalue weighted by atomic mass is 16.5. The summed E-state index contributed by atoms with van der Waals surface area (Å²) in [5.74, 6) is 2.95. The number of para-hydroxylation sites is 1. The van der Waals surface area contributed by atoms with Crippen molar-refractivity contribution < 1.29 is 13.9 Å². The van der Waals surface area contributed by atoms with Crippen LogP contribution in [0.1, 0.15) is 26.0 Å². The van der Waals surface area contributed by atoms with E-state index in [9.17, 15) is 4.79 Å². The zero-order valence-electron chi connectivity index (χ0n) is 19.1. The third kappa shape index (κ3) is 5.49. The van der Waals surface area contributed by atoms with Gasteiger partial charge in [0.15, 0.2) is 5.82 Å². The van der Waals surface area contributed by atoms with Crippen LogP contribution in [0.3, 0.4) is 0 Å². The fourth-order valence-corrected chi connectivity index (χ4v) is 3.65. The molecule has 0 unspecified atom stereocenters. The van der Waals surface area contributed by atoms with Crippen molar-refractivity contribution >= 4 is 22.6 Å². The summed E-state index contributed by atoms with van der Waals surface area (Å²) in [5, 5.41) is 3.88. The maximum Gasteiger partial charge on any atom is 0.221 e. The van der Waals surface area contributed by atoms with E-state index in [1.165, 1.54) is 0 Å². The Morgan fingerprint density at radius 2 is 1.85 bits per heavy atom. The van der Waals surface area contributed by atoms with Crippen LogP contribution in [0, 0.1) is 0 Å². The predicted molar refractivity (Wildman–Crippen MR) is 129 cm³/mol. The number of aromatic nitrogens is 2. The third-order valence-corrected chi connectivity index (χ3v) is 5.22. The van der Waals surface area contributed by atoms with Gasteiger partial charge in [-0.05, 0) is 62.4 Å². The van der Waals surface area contributed by atoms with Crippen molar-refractivity contribution in [1.29, 1.82) is 0 Å². The molecule has 4 aromatic rings. The van der Waals surface area contributed by atoms with Gasteiger partial charge in [0.25, 0.3) is 0 Å². The summed E-state index contributed by atoms with van der Waals surface area (Å²) in [6, 6.07) is 19.5. The van der Waals surface area contributed by atoms with E-state index >= 15 is 0 Å². The van der Waals surface area contributed by atoms with Crippen molar-refractivity contribution in [3.05, 3.63) is 72.7 Å². The quantitative estimate of drug-likeness (QED) is 0.399. The molecule has 0 aliphatic rings. The van der Waals surface area contributed by atoms with Gasteiger partial charge in [0.2, 0.25) is 5.91 Å². The summed E-state index contributed by atoms with van der Waals surface area (Å²) in [4.78, 5) is 24.2. The molecule has 2 aromatic heterocycles. The van der Waals surface area contributed by atoms with E-state index in [0.29, 0.717) is 25.3 Å². The largest absolute Gasteiger partial charge is 0.497 e. The van der Waals surface area contributed by atoms with E-state index in [1.807, 2.05) is 74.5 Å². The number of methoxy groups -OCH3 is 1. The molecule has 2 heterocycles. The molecule has 0 atom stereocenters. The number of anilines is 1. The molecule has 1 amide bonds. The first kappa shape index (κ1) is 22.3. The Bertz CT molecular complexity index is 1200. The minimum atomic E-state index is 0.00295. The molecule has 0 aliphatic heterocycles. The summed E-state index contributed by atoms with van der Waals surface area (Å²) in [5.41, 5.74) is 1.72. The molecule has 7 heteroatoms. The molecule has 0 aliphatic carbocycles. The second-order valence-electron chi connectivity index (χ2n) is 8.09. The van der Waals surface area contributed by atoms with Crippen molar-refractivity contribution in [2.75, 3.05) is 18.6 Å². The zero-order valence-corrected chi connectivity index (χ0v) is 19.1. The maximum absolute atomic E-state index is 12.4. The molecule has 0 saturated carbocycles. The van der Waals surface area contributed by atoms with Crippen LogP contribution in [0.25, 0.3) is 22.3 Å². The molecule has 4 rings (SSSR count). The second kappa shape index (κ2) is 10.2. The number of ether oxygens (including phenoxy) is 1. The molecule has 2 aromatic carbocycles. The number of nitrogens with one attached hydrogen (secondary N) is 1. The number of benzene rings is 2. The van der Waals surface area contributed by atoms with Gasteiger partial charge in [-0.15, -0.1) is 0 Å². The molecule has 0 radical (unpaired) electrons. The summed E-state index contributed by atoms with van der Waals surface area (Å²) >= 11 is 0. The highest BCUT2D eigenvalue weighted by Gasteiger charge is 2.18. The van der Waals surface area contributed by atoms with Crippen LogP contribution < -0.4 is 15.0 Å². The SMILES string of the molecule is COc1ccc(-c2nc(N(CCC(=O)NC(C)C)Cc3ccco3)c3ccccc3n2)cc1. The van der Waals surface area contributed by atoms with Crippen molar-refractivity contribution in [3.63, 3.8) is 0 Å². The Labute approximate surface area is 193 Å². The Kier molecular flexibility index (Phi) is 6.88. The average molecular weight is 445 g/mol. The number of nitrogens with zero attached hydrogens (tertiary/aromatic N) is 3. The fraction of sp³-hybridized carbons (Fsp3) is 0.269. The predicted octanol–water partition coefficient (Wildman–Crippen LogP) is 4.82. The lowest BCUT2D eigenvalue weighted by atomic mass is 10.1. The van der Waals surface area contributed by atoms with Gasteiger partial charge >= 0.3 is 0 Å². The van der Waals surface area contributed by atoms with Crippen LogP contribution in [-0.2, 0) is 11.3 Å². The minimum absolute atomic E-state index is 0.00295. The molecule has 0 spiro atoms. The number of fused-ring (bicyclic) bond motifs is 1. The van der Waals surface area contributed by atoms with Gasteiger partial charge in [0, 0.05) is 30.0 Å². The minimum Gasteiger partial charge on any atom is -0.497 e. The number of amides is 1. The second-order valence-corrected chi connectivity index (χ2v) is 8.09. The Morgan fingerprint density at radius 3 is 2.55 bits per heavy atom. The summed E-state index contributed by atoms with van der Waals surface area (Å²) < 4.78 is 10.9. The van der Waals surface area contributed by atoms with Crippen LogP contribution in [0.2, 0.25) is 0 Å². The monoisotopic (exact) mass is 444 g/mol. The number of carbonyl (C=O) groups is 1. The summed E-state index contributed by atoms with van der Waals surface area (Å²) in [6.45, 7) is 4.89. The summed E-state index contributed by atoms with van der Waals surface area (Å²) in [6.07, 6.45) is 1.99. The smallest absolute Gasteiger partial charge is 0.221 e. The molecule has 170 valence electrons. The van der Waals surface area contributed by atoms with Crippen LogP contribution in [0.15, 0.2) is 71.3 Å². The van der Waals surface area contributed by atoms with Gasteiger partial charge in [-0.1, -0.05) is 12.1 Å². The Morgan fingerprint density at radius 1 is 1.06 bits per heavy atom. The van der Waals surface area contributed by atoms with Gasteiger partial charge in [0.1, 0.15) is 17.3 Å². The lowest BCUT2D eigenvalue weighted by Crippen LogP contribution is -2.34. The number of hydrogen-bond acceptors (Lipinski definition) is 6. The fourth-order valence-electron chi connectivity index (χ4n) is 3.65. The van der Waals surface area contributed by atoms with Gasteiger partial charge < -0.3 is 19.4 Å². The van der Waals surface area contributed by atoms with E-state index < -0.39 is 0 Å². The molecular weight excluding hydrogens is 416 g/mol. The lowest BCUT2D eigenvalue weighted by Gasteiger charge is -2.24. The van der Waals surface area contributed by atoms with Gasteiger partial charge in [-0.2, -0.15) is 0 Å². The molecule has 7 nitrogen and oxygen atoms in total. The van der Waals surface area contributed by atoms with E-state index in [2.05, 4.69) is 10.2 Å². The first-order chi connectivity index (χ1) is 16.0. The van der Waals surface area contributed by atoms with Crippen molar-refractivity contribution in [3.8, 4) is 17.1 Å². The van der Waals surface area contributed by atoms with E-state index in [0.717, 1.165) is 33.8 Å².